The Labute approximate surface area is 128 Å². The number of hydrogen-bond donors (Lipinski definition) is 2. The van der Waals surface area contributed by atoms with Crippen LogP contribution in [0, 0.1) is 0 Å². The second kappa shape index (κ2) is 5.61. The molecular weight excluding hydrogens is 276 g/mol. The van der Waals surface area contributed by atoms with Gasteiger partial charge in [-0.2, -0.15) is 0 Å². The maximum atomic E-state index is 11.9. The molecule has 2 heterocycles. The van der Waals surface area contributed by atoms with Crippen LogP contribution in [-0.4, -0.2) is 34.9 Å². The van der Waals surface area contributed by atoms with Gasteiger partial charge in [-0.25, -0.2) is 4.98 Å². The first-order chi connectivity index (χ1) is 10.6. The first-order valence-electron chi connectivity index (χ1n) is 7.06. The number of nitrogens with two attached hydrogens (primary N) is 1. The molecular formula is C17H18N4O. The van der Waals surface area contributed by atoms with E-state index in [0.717, 1.165) is 23.1 Å². The maximum absolute atomic E-state index is 11.9. The van der Waals surface area contributed by atoms with Crippen molar-refractivity contribution in [3.05, 3.63) is 53.9 Å². The van der Waals surface area contributed by atoms with E-state index in [1.165, 1.54) is 5.56 Å². The van der Waals surface area contributed by atoms with Crippen LogP contribution in [0.15, 0.2) is 42.7 Å². The van der Waals surface area contributed by atoms with Gasteiger partial charge in [0.15, 0.2) is 0 Å². The summed E-state index contributed by atoms with van der Waals surface area (Å²) in [5, 5.41) is 0.752. The molecule has 2 aromatic heterocycles. The third-order valence-electron chi connectivity index (χ3n) is 3.60. The molecule has 3 aromatic rings. The van der Waals surface area contributed by atoms with E-state index in [-0.39, 0.29) is 0 Å². The standard InChI is InChI=1S/C17H18N4O/c1-21(2)10-11-3-5-12(6-4-11)14-9-20-17-13(7-8-19-17)15(14)16(18)22/h3-9H,10H2,1-2H3,(H2,18,22)(H,19,20). The Balaban J connectivity index is 2.09. The summed E-state index contributed by atoms with van der Waals surface area (Å²) in [7, 11) is 4.06. The molecule has 0 unspecified atom stereocenters. The quantitative estimate of drug-likeness (QED) is 0.776. The van der Waals surface area contributed by atoms with Crippen molar-refractivity contribution in [2.24, 2.45) is 5.73 Å². The average Bonchev–Trinajstić information content (AvgIpc) is 2.94. The molecule has 112 valence electrons. The number of amides is 1. The highest BCUT2D eigenvalue weighted by Gasteiger charge is 2.15. The number of benzene rings is 1. The van der Waals surface area contributed by atoms with Crippen LogP contribution in [0.2, 0.25) is 0 Å². The third kappa shape index (κ3) is 2.58. The van der Waals surface area contributed by atoms with E-state index in [4.69, 9.17) is 5.73 Å². The summed E-state index contributed by atoms with van der Waals surface area (Å²) in [6.45, 7) is 0.873. The Hall–Kier alpha value is -2.66. The summed E-state index contributed by atoms with van der Waals surface area (Å²) in [6, 6.07) is 9.94. The molecule has 22 heavy (non-hydrogen) atoms. The molecule has 0 radical (unpaired) electrons. The number of carbonyl (C=O) groups is 1. The molecule has 0 saturated heterocycles. The van der Waals surface area contributed by atoms with E-state index in [1.807, 2.05) is 32.3 Å². The summed E-state index contributed by atoms with van der Waals surface area (Å²) in [5.74, 6) is -0.445. The molecule has 0 aliphatic heterocycles. The molecule has 0 saturated carbocycles. The van der Waals surface area contributed by atoms with Gasteiger partial charge in [0.05, 0.1) is 5.56 Å². The Morgan fingerprint density at radius 1 is 1.23 bits per heavy atom. The van der Waals surface area contributed by atoms with Gasteiger partial charge in [0.1, 0.15) is 5.65 Å². The van der Waals surface area contributed by atoms with Gasteiger partial charge in [0, 0.05) is 29.9 Å². The van der Waals surface area contributed by atoms with Crippen molar-refractivity contribution >= 4 is 16.9 Å². The van der Waals surface area contributed by atoms with Gasteiger partial charge >= 0.3 is 0 Å². The van der Waals surface area contributed by atoms with Gasteiger partial charge in [-0.1, -0.05) is 24.3 Å². The van der Waals surface area contributed by atoms with Gasteiger partial charge in [-0.05, 0) is 31.3 Å². The summed E-state index contributed by atoms with van der Waals surface area (Å²) in [6.07, 6.45) is 3.45. The number of H-pyrrole nitrogens is 1. The highest BCUT2D eigenvalue weighted by molar-refractivity contribution is 6.10. The molecule has 1 aromatic carbocycles. The normalized spacial score (nSPS) is 11.2. The van der Waals surface area contributed by atoms with Crippen molar-refractivity contribution in [3.63, 3.8) is 0 Å². The largest absolute Gasteiger partial charge is 0.366 e. The van der Waals surface area contributed by atoms with Gasteiger partial charge in [-0.15, -0.1) is 0 Å². The fourth-order valence-electron chi connectivity index (χ4n) is 2.65. The fraction of sp³-hybridized carbons (Fsp3) is 0.176. The number of hydrogen-bond acceptors (Lipinski definition) is 3. The van der Waals surface area contributed by atoms with Gasteiger partial charge in [0.25, 0.3) is 0 Å². The van der Waals surface area contributed by atoms with Crippen molar-refractivity contribution in [2.45, 2.75) is 6.54 Å². The Morgan fingerprint density at radius 2 is 1.95 bits per heavy atom. The van der Waals surface area contributed by atoms with Crippen molar-refractivity contribution in [1.29, 1.82) is 0 Å². The number of nitrogens with zero attached hydrogens (tertiary/aromatic N) is 2. The molecule has 3 rings (SSSR count). The van der Waals surface area contributed by atoms with E-state index < -0.39 is 5.91 Å². The monoisotopic (exact) mass is 294 g/mol. The van der Waals surface area contributed by atoms with Crippen molar-refractivity contribution in [1.82, 2.24) is 14.9 Å². The Bertz CT molecular complexity index is 818. The zero-order chi connectivity index (χ0) is 15.7. The lowest BCUT2D eigenvalue weighted by Crippen LogP contribution is -2.13. The van der Waals surface area contributed by atoms with Gasteiger partial charge in [0.2, 0.25) is 5.91 Å². The minimum atomic E-state index is -0.445. The number of aromatic amines is 1. The molecule has 0 fully saturated rings. The number of carbonyl (C=O) groups excluding carboxylic acids is 1. The zero-order valence-corrected chi connectivity index (χ0v) is 12.6. The topological polar surface area (TPSA) is 75.0 Å². The minimum absolute atomic E-state index is 0.445. The predicted molar refractivity (Wildman–Crippen MR) is 87.4 cm³/mol. The molecule has 0 aliphatic rings. The summed E-state index contributed by atoms with van der Waals surface area (Å²) in [5.41, 5.74) is 9.67. The second-order valence-corrected chi connectivity index (χ2v) is 5.59. The van der Waals surface area contributed by atoms with E-state index >= 15 is 0 Å². The number of pyridine rings is 1. The van der Waals surface area contributed by atoms with Crippen LogP contribution in [0.5, 0.6) is 0 Å². The molecule has 3 N–H and O–H groups in total. The Morgan fingerprint density at radius 3 is 2.59 bits per heavy atom. The lowest BCUT2D eigenvalue weighted by molar-refractivity contribution is 0.100. The fourth-order valence-corrected chi connectivity index (χ4v) is 2.65. The summed E-state index contributed by atoms with van der Waals surface area (Å²) in [4.78, 5) is 21.4. The molecule has 0 aliphatic carbocycles. The van der Waals surface area contributed by atoms with Gasteiger partial charge < -0.3 is 15.6 Å². The third-order valence-corrected chi connectivity index (χ3v) is 3.60. The summed E-state index contributed by atoms with van der Waals surface area (Å²) < 4.78 is 0. The first-order valence-corrected chi connectivity index (χ1v) is 7.06. The van der Waals surface area contributed by atoms with E-state index in [0.29, 0.717) is 11.2 Å². The molecule has 0 bridgehead atoms. The molecule has 0 spiro atoms. The van der Waals surface area contributed by atoms with Crippen LogP contribution in [-0.2, 0) is 6.54 Å². The Kier molecular flexibility index (Phi) is 3.65. The predicted octanol–water partition coefficient (Wildman–Crippen LogP) is 2.39. The first kappa shape index (κ1) is 14.3. The number of rotatable bonds is 4. The maximum Gasteiger partial charge on any atom is 0.250 e. The number of nitrogens with one attached hydrogen (secondary N) is 1. The molecule has 5 heteroatoms. The number of primary amides is 1. The molecule has 5 nitrogen and oxygen atoms in total. The zero-order valence-electron chi connectivity index (χ0n) is 12.6. The van der Waals surface area contributed by atoms with Crippen molar-refractivity contribution in [2.75, 3.05) is 14.1 Å². The average molecular weight is 294 g/mol. The lowest BCUT2D eigenvalue weighted by atomic mass is 9.98. The van der Waals surface area contributed by atoms with Crippen molar-refractivity contribution in [3.8, 4) is 11.1 Å². The van der Waals surface area contributed by atoms with Crippen LogP contribution < -0.4 is 5.73 Å². The minimum Gasteiger partial charge on any atom is -0.366 e. The van der Waals surface area contributed by atoms with Crippen LogP contribution >= 0.6 is 0 Å². The molecule has 1 amide bonds. The summed E-state index contributed by atoms with van der Waals surface area (Å²) >= 11 is 0. The van der Waals surface area contributed by atoms with E-state index in [9.17, 15) is 4.79 Å². The molecule has 0 atom stereocenters. The van der Waals surface area contributed by atoms with E-state index in [2.05, 4.69) is 27.0 Å². The smallest absolute Gasteiger partial charge is 0.250 e. The number of aromatic nitrogens is 2. The highest BCUT2D eigenvalue weighted by atomic mass is 16.1. The highest BCUT2D eigenvalue weighted by Crippen LogP contribution is 2.28. The second-order valence-electron chi connectivity index (χ2n) is 5.59. The van der Waals surface area contributed by atoms with Crippen molar-refractivity contribution < 1.29 is 4.79 Å². The van der Waals surface area contributed by atoms with Crippen LogP contribution in [0.4, 0.5) is 0 Å². The lowest BCUT2D eigenvalue weighted by Gasteiger charge is -2.11. The van der Waals surface area contributed by atoms with Crippen LogP contribution in [0.25, 0.3) is 22.2 Å². The van der Waals surface area contributed by atoms with E-state index in [1.54, 1.807) is 12.4 Å². The number of fused-ring (bicyclic) bond motifs is 1. The SMILES string of the molecule is CN(C)Cc1ccc(-c2cnc3[nH]ccc3c2C(N)=O)cc1. The van der Waals surface area contributed by atoms with Gasteiger partial charge in [-0.3, -0.25) is 4.79 Å². The van der Waals surface area contributed by atoms with Crippen LogP contribution in [0.3, 0.4) is 0 Å². The van der Waals surface area contributed by atoms with Crippen LogP contribution in [0.1, 0.15) is 15.9 Å².